The number of sulfonamides is 1. The summed E-state index contributed by atoms with van der Waals surface area (Å²) in [5, 5.41) is 4.11. The van der Waals surface area contributed by atoms with Crippen molar-refractivity contribution in [2.24, 2.45) is 4.99 Å². The van der Waals surface area contributed by atoms with Gasteiger partial charge in [-0.25, -0.2) is 8.42 Å². The number of nitrogens with one attached hydrogen (secondary N) is 2. The zero-order valence-electron chi connectivity index (χ0n) is 17.0. The predicted octanol–water partition coefficient (Wildman–Crippen LogP) is 3.23. The summed E-state index contributed by atoms with van der Waals surface area (Å²) in [4.78, 5) is 8.86. The van der Waals surface area contributed by atoms with Crippen LogP contribution in [0, 0.1) is 0 Å². The fourth-order valence-electron chi connectivity index (χ4n) is 3.35. The minimum atomic E-state index is -3.34. The Balaban J connectivity index is 0.00000320. The SMILES string of the molecule is CN=C(NCc1ccccc1NS(C)(=O)=O)N1CCN(c2ccccc2Cl)CC1.I. The summed E-state index contributed by atoms with van der Waals surface area (Å²) >= 11 is 6.32. The fourth-order valence-corrected chi connectivity index (χ4v) is 4.20. The van der Waals surface area contributed by atoms with Gasteiger partial charge in [0.05, 0.1) is 22.7 Å². The molecule has 0 atom stereocenters. The number of halogens is 2. The first-order valence-corrected chi connectivity index (χ1v) is 11.6. The number of anilines is 2. The Morgan fingerprint density at radius 3 is 2.33 bits per heavy atom. The molecule has 1 aliphatic heterocycles. The number of aliphatic imine (C=N–C) groups is 1. The van der Waals surface area contributed by atoms with Crippen LogP contribution in [0.5, 0.6) is 0 Å². The van der Waals surface area contributed by atoms with Crippen molar-refractivity contribution in [2.75, 3.05) is 49.1 Å². The number of benzene rings is 2. The van der Waals surface area contributed by atoms with Gasteiger partial charge in [-0.2, -0.15) is 0 Å². The van der Waals surface area contributed by atoms with E-state index in [1.54, 1.807) is 19.2 Å². The Morgan fingerprint density at radius 2 is 1.70 bits per heavy atom. The van der Waals surface area contributed by atoms with Gasteiger partial charge in [0.25, 0.3) is 0 Å². The zero-order valence-corrected chi connectivity index (χ0v) is 20.9. The normalized spacial score (nSPS) is 14.8. The number of rotatable bonds is 5. The average Bonchev–Trinajstić information content (AvgIpc) is 2.69. The van der Waals surface area contributed by atoms with Gasteiger partial charge < -0.3 is 15.1 Å². The fraction of sp³-hybridized carbons (Fsp3) is 0.350. The lowest BCUT2D eigenvalue weighted by atomic mass is 10.2. The molecule has 0 aromatic heterocycles. The van der Waals surface area contributed by atoms with E-state index >= 15 is 0 Å². The van der Waals surface area contributed by atoms with Crippen molar-refractivity contribution in [3.63, 3.8) is 0 Å². The third-order valence-corrected chi connectivity index (χ3v) is 5.64. The van der Waals surface area contributed by atoms with Crippen molar-refractivity contribution < 1.29 is 8.42 Å². The van der Waals surface area contributed by atoms with E-state index < -0.39 is 10.0 Å². The van der Waals surface area contributed by atoms with Crippen molar-refractivity contribution in [3.05, 3.63) is 59.1 Å². The van der Waals surface area contributed by atoms with Gasteiger partial charge in [0.15, 0.2) is 5.96 Å². The van der Waals surface area contributed by atoms with E-state index in [2.05, 4.69) is 24.8 Å². The predicted molar refractivity (Wildman–Crippen MR) is 136 cm³/mol. The molecule has 2 aromatic rings. The second-order valence-corrected chi connectivity index (χ2v) is 9.01. The number of nitrogens with zero attached hydrogens (tertiary/aromatic N) is 3. The highest BCUT2D eigenvalue weighted by Gasteiger charge is 2.21. The molecule has 1 aliphatic rings. The summed E-state index contributed by atoms with van der Waals surface area (Å²) in [6.07, 6.45) is 1.15. The van der Waals surface area contributed by atoms with Crippen LogP contribution in [-0.2, 0) is 16.6 Å². The molecule has 1 saturated heterocycles. The molecular weight excluding hydrogens is 537 g/mol. The Kier molecular flexibility index (Phi) is 9.05. The molecule has 0 spiro atoms. The van der Waals surface area contributed by atoms with Crippen LogP contribution in [0.1, 0.15) is 5.56 Å². The van der Waals surface area contributed by atoms with Crippen LogP contribution < -0.4 is 14.9 Å². The topological polar surface area (TPSA) is 77.0 Å². The largest absolute Gasteiger partial charge is 0.367 e. The first kappa shape index (κ1) is 24.5. The van der Waals surface area contributed by atoms with E-state index in [4.69, 9.17) is 11.6 Å². The van der Waals surface area contributed by atoms with Gasteiger partial charge in [0.2, 0.25) is 10.0 Å². The molecule has 2 N–H and O–H groups in total. The molecule has 2 aromatic carbocycles. The standard InChI is InChI=1S/C20H26ClN5O2S.HI/c1-22-20(23-15-16-7-3-5-9-18(16)24-29(2,27)28)26-13-11-25(12-14-26)19-10-6-4-8-17(19)21;/h3-10,24H,11-15H2,1-2H3,(H,22,23);1H. The van der Waals surface area contributed by atoms with E-state index in [1.807, 2.05) is 36.4 Å². The molecule has 0 bridgehead atoms. The van der Waals surface area contributed by atoms with Crippen LogP contribution in [0.15, 0.2) is 53.5 Å². The van der Waals surface area contributed by atoms with E-state index in [9.17, 15) is 8.42 Å². The molecule has 0 radical (unpaired) electrons. The monoisotopic (exact) mass is 563 g/mol. The third kappa shape index (κ3) is 6.64. The molecule has 10 heteroatoms. The molecule has 1 fully saturated rings. The van der Waals surface area contributed by atoms with Crippen molar-refractivity contribution in [1.29, 1.82) is 0 Å². The van der Waals surface area contributed by atoms with Crippen LogP contribution in [0.3, 0.4) is 0 Å². The van der Waals surface area contributed by atoms with Crippen LogP contribution in [-0.4, -0.2) is 58.8 Å². The van der Waals surface area contributed by atoms with E-state index in [0.717, 1.165) is 54.7 Å². The second-order valence-electron chi connectivity index (χ2n) is 6.86. The van der Waals surface area contributed by atoms with Crippen molar-refractivity contribution >= 4 is 62.9 Å². The number of piperazine rings is 1. The summed E-state index contributed by atoms with van der Waals surface area (Å²) < 4.78 is 25.7. The number of hydrogen-bond acceptors (Lipinski definition) is 4. The summed E-state index contributed by atoms with van der Waals surface area (Å²) in [5.41, 5.74) is 2.48. The van der Waals surface area contributed by atoms with Gasteiger partial charge in [-0.05, 0) is 23.8 Å². The maximum absolute atomic E-state index is 11.6. The average molecular weight is 564 g/mol. The highest BCUT2D eigenvalue weighted by molar-refractivity contribution is 14.0. The highest BCUT2D eigenvalue weighted by Crippen LogP contribution is 2.26. The van der Waals surface area contributed by atoms with Crippen LogP contribution in [0.25, 0.3) is 0 Å². The Bertz CT molecular complexity index is 979. The lowest BCUT2D eigenvalue weighted by molar-refractivity contribution is 0.372. The van der Waals surface area contributed by atoms with Gasteiger partial charge in [-0.3, -0.25) is 9.71 Å². The van der Waals surface area contributed by atoms with Gasteiger partial charge in [-0.15, -0.1) is 24.0 Å². The summed E-state index contributed by atoms with van der Waals surface area (Å²) in [5.74, 6) is 0.790. The van der Waals surface area contributed by atoms with Gasteiger partial charge in [0, 0.05) is 39.8 Å². The molecule has 0 aliphatic carbocycles. The number of hydrogen-bond donors (Lipinski definition) is 2. The summed E-state index contributed by atoms with van der Waals surface area (Å²) in [6, 6.07) is 15.2. The van der Waals surface area contributed by atoms with Gasteiger partial charge in [-0.1, -0.05) is 41.9 Å². The van der Waals surface area contributed by atoms with Crippen molar-refractivity contribution in [2.45, 2.75) is 6.54 Å². The van der Waals surface area contributed by atoms with Crippen LogP contribution in [0.2, 0.25) is 5.02 Å². The smallest absolute Gasteiger partial charge is 0.229 e. The van der Waals surface area contributed by atoms with Crippen molar-refractivity contribution in [1.82, 2.24) is 10.2 Å². The second kappa shape index (κ2) is 11.1. The molecule has 30 heavy (non-hydrogen) atoms. The van der Waals surface area contributed by atoms with Gasteiger partial charge >= 0.3 is 0 Å². The first-order chi connectivity index (χ1) is 13.9. The molecule has 0 unspecified atom stereocenters. The highest BCUT2D eigenvalue weighted by atomic mass is 127. The molecule has 164 valence electrons. The number of guanidine groups is 1. The summed E-state index contributed by atoms with van der Waals surface area (Å²) in [7, 11) is -1.58. The minimum absolute atomic E-state index is 0. The molecule has 7 nitrogen and oxygen atoms in total. The minimum Gasteiger partial charge on any atom is -0.367 e. The van der Waals surface area contributed by atoms with E-state index in [-0.39, 0.29) is 24.0 Å². The molecule has 3 rings (SSSR count). The molecule has 1 heterocycles. The lowest BCUT2D eigenvalue weighted by Crippen LogP contribution is -2.52. The van der Waals surface area contributed by atoms with E-state index in [1.165, 1.54) is 0 Å². The molecule has 0 saturated carbocycles. The lowest BCUT2D eigenvalue weighted by Gasteiger charge is -2.38. The maximum Gasteiger partial charge on any atom is 0.229 e. The number of para-hydroxylation sites is 2. The van der Waals surface area contributed by atoms with Crippen LogP contribution in [0.4, 0.5) is 11.4 Å². The first-order valence-electron chi connectivity index (χ1n) is 9.38. The van der Waals surface area contributed by atoms with Crippen LogP contribution >= 0.6 is 35.6 Å². The Hall–Kier alpha value is -1.72. The molecular formula is C20H27ClIN5O2S. The van der Waals surface area contributed by atoms with E-state index in [0.29, 0.717) is 12.2 Å². The Morgan fingerprint density at radius 1 is 1.07 bits per heavy atom. The maximum atomic E-state index is 11.6. The van der Waals surface area contributed by atoms with Gasteiger partial charge in [0.1, 0.15) is 0 Å². The van der Waals surface area contributed by atoms with Crippen molar-refractivity contribution in [3.8, 4) is 0 Å². The third-order valence-electron chi connectivity index (χ3n) is 4.73. The zero-order chi connectivity index (χ0) is 20.9. The summed E-state index contributed by atoms with van der Waals surface area (Å²) in [6.45, 7) is 3.78. The molecule has 0 amide bonds. The Labute approximate surface area is 200 Å². The quantitative estimate of drug-likeness (QED) is 0.332.